The topological polar surface area (TPSA) is 80.5 Å². The first-order valence-corrected chi connectivity index (χ1v) is 10.9. The van der Waals surface area contributed by atoms with Crippen molar-refractivity contribution in [1.29, 1.82) is 0 Å². The Hall–Kier alpha value is -2.45. The van der Waals surface area contributed by atoms with Crippen LogP contribution in [0.1, 0.15) is 32.2 Å². The molecule has 2 heterocycles. The summed E-state index contributed by atoms with van der Waals surface area (Å²) < 4.78 is 6.83. The smallest absolute Gasteiger partial charge is 0.247 e. The maximum absolute atomic E-state index is 5.81. The highest BCUT2D eigenvalue weighted by Crippen LogP contribution is 2.27. The fraction of sp³-hybridized carbons (Fsp3) is 0.238. The quantitative estimate of drug-likeness (QED) is 0.367. The molecule has 29 heavy (non-hydrogen) atoms. The fourth-order valence-corrected chi connectivity index (χ4v) is 3.62. The molecule has 4 rings (SSSR count). The number of hydrogen-bond donors (Lipinski definition) is 1. The van der Waals surface area contributed by atoms with Crippen LogP contribution in [0.5, 0.6) is 0 Å². The minimum Gasteiger partial charge on any atom is -0.420 e. The zero-order chi connectivity index (χ0) is 20.4. The van der Waals surface area contributed by atoms with Crippen molar-refractivity contribution in [2.75, 3.05) is 0 Å². The number of aromatic nitrogens is 5. The van der Waals surface area contributed by atoms with Crippen molar-refractivity contribution in [2.45, 2.75) is 37.1 Å². The normalized spacial score (nSPS) is 11.7. The highest BCUT2D eigenvalue weighted by atomic mass is 79.9. The monoisotopic (exact) mass is 469 g/mol. The van der Waals surface area contributed by atoms with Crippen molar-refractivity contribution in [3.05, 3.63) is 64.5 Å². The third kappa shape index (κ3) is 4.76. The minimum absolute atomic E-state index is 0.112. The molecule has 0 aliphatic heterocycles. The van der Waals surface area contributed by atoms with Crippen LogP contribution in [0.25, 0.3) is 22.8 Å². The van der Waals surface area contributed by atoms with Gasteiger partial charge in [0.15, 0.2) is 5.82 Å². The number of nitrogens with zero attached hydrogens (tertiary/aromatic N) is 4. The average molecular weight is 470 g/mol. The van der Waals surface area contributed by atoms with Crippen LogP contribution in [-0.2, 0) is 11.2 Å². The summed E-state index contributed by atoms with van der Waals surface area (Å²) in [5.41, 5.74) is 3.27. The Labute approximate surface area is 181 Å². The van der Waals surface area contributed by atoms with E-state index in [0.29, 0.717) is 22.7 Å². The number of aromatic amines is 1. The summed E-state index contributed by atoms with van der Waals surface area (Å²) in [6.45, 7) is 6.57. The lowest BCUT2D eigenvalue weighted by Gasteiger charge is -2.18. The van der Waals surface area contributed by atoms with Gasteiger partial charge >= 0.3 is 0 Å². The van der Waals surface area contributed by atoms with E-state index in [4.69, 9.17) is 4.42 Å². The summed E-state index contributed by atoms with van der Waals surface area (Å²) in [6, 6.07) is 16.1. The predicted octanol–water partition coefficient (Wildman–Crippen LogP) is 5.87. The summed E-state index contributed by atoms with van der Waals surface area (Å²) in [4.78, 5) is 4.51. The van der Waals surface area contributed by atoms with Gasteiger partial charge in [-0.05, 0) is 35.2 Å². The Bertz CT molecular complexity index is 1100. The fourth-order valence-electron chi connectivity index (χ4n) is 2.72. The standard InChI is InChI=1S/C21H20BrN5OS/c1-21(2,3)15-8-4-14(5-9-15)19-26-24-17(28-19)12-29-20-23-18(25-27-20)13-6-10-16(22)11-7-13/h4-11H,12H2,1-3H3,(H,23,25,27). The van der Waals surface area contributed by atoms with E-state index in [1.807, 2.05) is 36.4 Å². The van der Waals surface area contributed by atoms with Crippen molar-refractivity contribution < 1.29 is 4.42 Å². The second kappa shape index (κ2) is 8.12. The molecule has 0 radical (unpaired) electrons. The molecule has 0 fully saturated rings. The summed E-state index contributed by atoms with van der Waals surface area (Å²) in [5.74, 6) is 2.29. The van der Waals surface area contributed by atoms with Crippen molar-refractivity contribution in [3.63, 3.8) is 0 Å². The van der Waals surface area contributed by atoms with Gasteiger partial charge in [-0.3, -0.25) is 5.10 Å². The van der Waals surface area contributed by atoms with E-state index in [1.165, 1.54) is 17.3 Å². The van der Waals surface area contributed by atoms with E-state index >= 15 is 0 Å². The first-order chi connectivity index (χ1) is 13.9. The lowest BCUT2D eigenvalue weighted by atomic mass is 9.87. The number of halogens is 1. The maximum Gasteiger partial charge on any atom is 0.247 e. The van der Waals surface area contributed by atoms with Gasteiger partial charge in [0, 0.05) is 15.6 Å². The van der Waals surface area contributed by atoms with E-state index in [0.717, 1.165) is 21.4 Å². The number of hydrogen-bond acceptors (Lipinski definition) is 6. The molecule has 0 amide bonds. The second-order valence-corrected chi connectivity index (χ2v) is 9.45. The summed E-state index contributed by atoms with van der Waals surface area (Å²) in [5, 5.41) is 16.2. The molecular formula is C21H20BrN5OS. The highest BCUT2D eigenvalue weighted by molar-refractivity contribution is 9.10. The van der Waals surface area contributed by atoms with Gasteiger partial charge in [0.1, 0.15) is 0 Å². The number of rotatable bonds is 5. The van der Waals surface area contributed by atoms with Crippen LogP contribution in [-0.4, -0.2) is 25.4 Å². The Morgan fingerprint density at radius 1 is 0.966 bits per heavy atom. The Balaban J connectivity index is 1.40. The molecule has 2 aromatic carbocycles. The van der Waals surface area contributed by atoms with Gasteiger partial charge < -0.3 is 4.42 Å². The third-order valence-electron chi connectivity index (χ3n) is 4.37. The molecule has 0 saturated carbocycles. The van der Waals surface area contributed by atoms with Gasteiger partial charge in [0.05, 0.1) is 5.75 Å². The van der Waals surface area contributed by atoms with Gasteiger partial charge in [-0.1, -0.05) is 72.7 Å². The number of benzene rings is 2. The zero-order valence-corrected chi connectivity index (χ0v) is 18.7. The van der Waals surface area contributed by atoms with Crippen molar-refractivity contribution in [2.24, 2.45) is 0 Å². The van der Waals surface area contributed by atoms with Crippen molar-refractivity contribution in [1.82, 2.24) is 25.4 Å². The highest BCUT2D eigenvalue weighted by Gasteiger charge is 2.15. The lowest BCUT2D eigenvalue weighted by Crippen LogP contribution is -2.10. The van der Waals surface area contributed by atoms with Crippen LogP contribution in [0, 0.1) is 0 Å². The molecule has 2 aromatic heterocycles. The van der Waals surface area contributed by atoms with Gasteiger partial charge in [-0.2, -0.15) is 0 Å². The van der Waals surface area contributed by atoms with Crippen LogP contribution in [0.4, 0.5) is 0 Å². The summed E-state index contributed by atoms with van der Waals surface area (Å²) >= 11 is 4.88. The molecule has 0 aliphatic carbocycles. The van der Waals surface area contributed by atoms with Crippen LogP contribution in [0.15, 0.2) is 62.6 Å². The molecule has 0 bridgehead atoms. The molecule has 0 unspecified atom stereocenters. The molecular weight excluding hydrogens is 450 g/mol. The van der Waals surface area contributed by atoms with E-state index in [-0.39, 0.29) is 5.41 Å². The van der Waals surface area contributed by atoms with Crippen LogP contribution >= 0.6 is 27.7 Å². The molecule has 6 nitrogen and oxygen atoms in total. The number of thioether (sulfide) groups is 1. The largest absolute Gasteiger partial charge is 0.420 e. The first-order valence-electron chi connectivity index (χ1n) is 9.13. The average Bonchev–Trinajstić information content (AvgIpc) is 3.36. The summed E-state index contributed by atoms with van der Waals surface area (Å²) in [6.07, 6.45) is 0. The SMILES string of the molecule is CC(C)(C)c1ccc(-c2nnc(CSc3n[nH]c(-c4ccc(Br)cc4)n3)o2)cc1. The van der Waals surface area contributed by atoms with Crippen LogP contribution in [0.2, 0.25) is 0 Å². The van der Waals surface area contributed by atoms with E-state index in [2.05, 4.69) is 74.2 Å². The number of H-pyrrole nitrogens is 1. The molecule has 0 spiro atoms. The van der Waals surface area contributed by atoms with E-state index < -0.39 is 0 Å². The van der Waals surface area contributed by atoms with E-state index in [9.17, 15) is 0 Å². The van der Waals surface area contributed by atoms with Crippen molar-refractivity contribution >= 4 is 27.7 Å². The minimum atomic E-state index is 0.112. The van der Waals surface area contributed by atoms with Crippen LogP contribution < -0.4 is 0 Å². The Morgan fingerprint density at radius 3 is 2.34 bits per heavy atom. The zero-order valence-electron chi connectivity index (χ0n) is 16.3. The Kier molecular flexibility index (Phi) is 5.56. The van der Waals surface area contributed by atoms with Crippen molar-refractivity contribution in [3.8, 4) is 22.8 Å². The second-order valence-electron chi connectivity index (χ2n) is 7.59. The van der Waals surface area contributed by atoms with Crippen LogP contribution in [0.3, 0.4) is 0 Å². The predicted molar refractivity (Wildman–Crippen MR) is 118 cm³/mol. The maximum atomic E-state index is 5.81. The molecule has 0 atom stereocenters. The molecule has 1 N–H and O–H groups in total. The molecule has 148 valence electrons. The lowest BCUT2D eigenvalue weighted by molar-refractivity contribution is 0.528. The summed E-state index contributed by atoms with van der Waals surface area (Å²) in [7, 11) is 0. The van der Waals surface area contributed by atoms with Gasteiger partial charge in [-0.15, -0.1) is 15.3 Å². The molecule has 8 heteroatoms. The Morgan fingerprint density at radius 2 is 1.66 bits per heavy atom. The molecule has 4 aromatic rings. The van der Waals surface area contributed by atoms with Gasteiger partial charge in [0.2, 0.25) is 16.9 Å². The first kappa shape index (κ1) is 19.8. The van der Waals surface area contributed by atoms with Gasteiger partial charge in [0.25, 0.3) is 0 Å². The van der Waals surface area contributed by atoms with Gasteiger partial charge in [-0.25, -0.2) is 4.98 Å². The van der Waals surface area contributed by atoms with E-state index in [1.54, 1.807) is 0 Å². The third-order valence-corrected chi connectivity index (χ3v) is 5.73. The molecule has 0 aliphatic rings. The molecule has 0 saturated heterocycles. The number of nitrogens with one attached hydrogen (secondary N) is 1.